The van der Waals surface area contributed by atoms with Crippen molar-refractivity contribution < 1.29 is 0 Å². The van der Waals surface area contributed by atoms with E-state index in [0.717, 1.165) is 13.0 Å². The molecule has 1 aliphatic heterocycles. The van der Waals surface area contributed by atoms with Crippen molar-refractivity contribution >= 4 is 17.0 Å². The smallest absolute Gasteiger partial charge is 0.0487 e. The van der Waals surface area contributed by atoms with Gasteiger partial charge in [0.1, 0.15) is 0 Å². The number of thiophene rings is 1. The van der Waals surface area contributed by atoms with E-state index in [4.69, 9.17) is 0 Å². The molecule has 1 aromatic rings. The van der Waals surface area contributed by atoms with Crippen molar-refractivity contribution in [2.75, 3.05) is 11.9 Å². The van der Waals surface area contributed by atoms with Crippen molar-refractivity contribution in [3.63, 3.8) is 0 Å². The molecule has 11 heavy (non-hydrogen) atoms. The van der Waals surface area contributed by atoms with E-state index in [1.165, 1.54) is 16.1 Å². The number of allylic oxidation sites excluding steroid dienone is 1. The summed E-state index contributed by atoms with van der Waals surface area (Å²) >= 11 is 1.84. The maximum atomic E-state index is 3.37. The summed E-state index contributed by atoms with van der Waals surface area (Å²) in [5.74, 6) is 0. The zero-order chi connectivity index (χ0) is 7.68. The topological polar surface area (TPSA) is 12.0 Å². The van der Waals surface area contributed by atoms with Crippen molar-refractivity contribution in [2.24, 2.45) is 0 Å². The minimum Gasteiger partial charge on any atom is -0.381 e. The Hall–Kier alpha value is -0.760. The van der Waals surface area contributed by atoms with Crippen LogP contribution in [-0.4, -0.2) is 6.54 Å². The first-order valence-electron chi connectivity index (χ1n) is 3.82. The van der Waals surface area contributed by atoms with Crippen molar-refractivity contribution in [3.05, 3.63) is 28.0 Å². The number of nitrogens with one attached hydrogen (secondary N) is 1. The zero-order valence-electron chi connectivity index (χ0n) is 6.55. The molecule has 0 atom stereocenters. The molecule has 0 aliphatic carbocycles. The second-order valence-corrected chi connectivity index (χ2v) is 3.87. The van der Waals surface area contributed by atoms with Gasteiger partial charge in [0.2, 0.25) is 0 Å². The van der Waals surface area contributed by atoms with E-state index in [1.807, 2.05) is 11.3 Å². The molecular weight excluding hydrogens is 154 g/mol. The van der Waals surface area contributed by atoms with Crippen LogP contribution in [0.5, 0.6) is 0 Å². The lowest BCUT2D eigenvalue weighted by Gasteiger charge is -1.98. The molecule has 0 saturated carbocycles. The van der Waals surface area contributed by atoms with Gasteiger partial charge in [-0.15, -0.1) is 11.3 Å². The van der Waals surface area contributed by atoms with Gasteiger partial charge in [0.15, 0.2) is 0 Å². The molecule has 1 N–H and O–H groups in total. The van der Waals surface area contributed by atoms with Gasteiger partial charge in [0.25, 0.3) is 0 Å². The van der Waals surface area contributed by atoms with Gasteiger partial charge < -0.3 is 5.32 Å². The maximum absolute atomic E-state index is 3.37. The second kappa shape index (κ2) is 2.70. The van der Waals surface area contributed by atoms with Gasteiger partial charge in [-0.3, -0.25) is 0 Å². The average Bonchev–Trinajstić information content (AvgIpc) is 2.31. The Morgan fingerprint density at radius 3 is 3.36 bits per heavy atom. The lowest BCUT2D eigenvalue weighted by Crippen LogP contribution is -1.95. The van der Waals surface area contributed by atoms with E-state index >= 15 is 0 Å². The van der Waals surface area contributed by atoms with Gasteiger partial charge in [-0.2, -0.15) is 0 Å². The van der Waals surface area contributed by atoms with Crippen LogP contribution in [0.25, 0.3) is 0 Å². The number of hydrogen-bond donors (Lipinski definition) is 1. The summed E-state index contributed by atoms with van der Waals surface area (Å²) in [6.45, 7) is 3.17. The van der Waals surface area contributed by atoms with Gasteiger partial charge in [-0.05, 0) is 18.4 Å². The van der Waals surface area contributed by atoms with E-state index in [9.17, 15) is 0 Å². The van der Waals surface area contributed by atoms with Crippen LogP contribution < -0.4 is 5.32 Å². The number of fused-ring (bicyclic) bond motifs is 1. The fourth-order valence-corrected chi connectivity index (χ4v) is 2.24. The molecule has 58 valence electrons. The van der Waals surface area contributed by atoms with Crippen molar-refractivity contribution in [1.82, 2.24) is 0 Å². The van der Waals surface area contributed by atoms with Crippen LogP contribution in [0.1, 0.15) is 11.8 Å². The molecule has 0 unspecified atom stereocenters. The lowest BCUT2D eigenvalue weighted by molar-refractivity contribution is 1.19. The molecule has 0 spiro atoms. The molecule has 1 aromatic heterocycles. The first-order chi connectivity index (χ1) is 5.36. The minimum atomic E-state index is 0.982. The Morgan fingerprint density at radius 2 is 2.45 bits per heavy atom. The van der Waals surface area contributed by atoms with Crippen LogP contribution in [0.4, 0.5) is 5.69 Å². The Bertz CT molecular complexity index is 286. The van der Waals surface area contributed by atoms with Gasteiger partial charge in [-0.1, -0.05) is 11.6 Å². The largest absolute Gasteiger partial charge is 0.381 e. The average molecular weight is 165 g/mol. The highest BCUT2D eigenvalue weighted by atomic mass is 32.1. The number of rotatable bonds is 0. The molecule has 0 fully saturated rings. The number of hydrogen-bond acceptors (Lipinski definition) is 2. The Morgan fingerprint density at radius 1 is 1.55 bits per heavy atom. The van der Waals surface area contributed by atoms with Crippen molar-refractivity contribution in [3.8, 4) is 0 Å². The standard InChI is InChI=1S/C9H11NS/c1-7-2-4-10-8-3-5-11-9(8)6-7/h2-3,5,10H,4,6H2,1H3. The van der Waals surface area contributed by atoms with Crippen LogP contribution in [0.15, 0.2) is 23.1 Å². The van der Waals surface area contributed by atoms with Crippen molar-refractivity contribution in [2.45, 2.75) is 13.3 Å². The van der Waals surface area contributed by atoms with Gasteiger partial charge >= 0.3 is 0 Å². The monoisotopic (exact) mass is 165 g/mol. The summed E-state index contributed by atoms with van der Waals surface area (Å²) in [6.07, 6.45) is 3.38. The summed E-state index contributed by atoms with van der Waals surface area (Å²) < 4.78 is 0. The predicted octanol–water partition coefficient (Wildman–Crippen LogP) is 2.66. The van der Waals surface area contributed by atoms with Gasteiger partial charge in [0.05, 0.1) is 0 Å². The first-order valence-corrected chi connectivity index (χ1v) is 4.70. The van der Waals surface area contributed by atoms with Crippen LogP contribution in [-0.2, 0) is 6.42 Å². The van der Waals surface area contributed by atoms with Crippen LogP contribution in [0.2, 0.25) is 0 Å². The van der Waals surface area contributed by atoms with E-state index < -0.39 is 0 Å². The SMILES string of the molecule is CC1=CCNc2ccsc2C1. The van der Waals surface area contributed by atoms with Gasteiger partial charge in [-0.25, -0.2) is 0 Å². The van der Waals surface area contributed by atoms with E-state index in [-0.39, 0.29) is 0 Å². The highest BCUT2D eigenvalue weighted by Gasteiger charge is 2.06. The quantitative estimate of drug-likeness (QED) is 0.583. The third kappa shape index (κ3) is 1.31. The second-order valence-electron chi connectivity index (χ2n) is 2.87. The van der Waals surface area contributed by atoms with Crippen LogP contribution in [0, 0.1) is 0 Å². The van der Waals surface area contributed by atoms with Crippen LogP contribution in [0.3, 0.4) is 0 Å². The number of anilines is 1. The first kappa shape index (κ1) is 6.92. The van der Waals surface area contributed by atoms with Crippen molar-refractivity contribution in [1.29, 1.82) is 0 Å². The predicted molar refractivity (Wildman–Crippen MR) is 50.3 cm³/mol. The third-order valence-corrected chi connectivity index (χ3v) is 2.85. The van der Waals surface area contributed by atoms with Gasteiger partial charge in [0, 0.05) is 23.5 Å². The van der Waals surface area contributed by atoms with E-state index in [1.54, 1.807) is 0 Å². The molecule has 1 aliphatic rings. The fraction of sp³-hybridized carbons (Fsp3) is 0.333. The summed E-state index contributed by atoms with van der Waals surface area (Å²) in [5.41, 5.74) is 2.79. The van der Waals surface area contributed by atoms with Crippen LogP contribution >= 0.6 is 11.3 Å². The Labute approximate surface area is 70.8 Å². The van der Waals surface area contributed by atoms with E-state index in [2.05, 4.69) is 29.8 Å². The summed E-state index contributed by atoms with van der Waals surface area (Å²) in [5, 5.41) is 5.52. The Balaban J connectivity index is 2.35. The normalized spacial score (nSPS) is 16.3. The fourth-order valence-electron chi connectivity index (χ4n) is 1.30. The lowest BCUT2D eigenvalue weighted by atomic mass is 10.2. The summed E-state index contributed by atoms with van der Waals surface area (Å²) in [7, 11) is 0. The van der Waals surface area contributed by atoms with E-state index in [0.29, 0.717) is 0 Å². The molecule has 0 radical (unpaired) electrons. The molecule has 0 bridgehead atoms. The highest BCUT2D eigenvalue weighted by Crippen LogP contribution is 2.26. The molecule has 0 saturated heterocycles. The highest BCUT2D eigenvalue weighted by molar-refractivity contribution is 7.10. The molecule has 2 heterocycles. The molecule has 1 nitrogen and oxygen atoms in total. The Kier molecular flexibility index (Phi) is 1.70. The molecule has 0 aromatic carbocycles. The molecular formula is C9H11NS. The molecule has 2 rings (SSSR count). The minimum absolute atomic E-state index is 0.982. The summed E-state index contributed by atoms with van der Waals surface area (Å²) in [4.78, 5) is 1.47. The maximum Gasteiger partial charge on any atom is 0.0487 e. The molecule has 0 amide bonds. The third-order valence-electron chi connectivity index (χ3n) is 1.93. The summed E-state index contributed by atoms with van der Waals surface area (Å²) in [6, 6.07) is 2.16. The zero-order valence-corrected chi connectivity index (χ0v) is 7.37. The molecule has 2 heteroatoms.